The third-order valence-corrected chi connectivity index (χ3v) is 20.7. The molecule has 0 saturated heterocycles. The van der Waals surface area contributed by atoms with E-state index in [-0.39, 0.29) is 0 Å². The molecule has 104 heavy (non-hydrogen) atoms. The van der Waals surface area contributed by atoms with Gasteiger partial charge in [0.05, 0.1) is 44.1 Å². The summed E-state index contributed by atoms with van der Waals surface area (Å²) in [5, 5.41) is 10.3. The molecule has 0 aliphatic carbocycles. The average Bonchev–Trinajstić information content (AvgIpc) is 0.835. The SMILES string of the molecule is Cc1cc(C)c2ncccc2c1C.Cc1ccc2c(C)c(C)ccc2n1.Cc1ccc2c(C)c(C)cnc2c1.Cc1ccc2ncc(C)c(C)c2c1.Cc1ccc2nccc(C)c2c1C.Cc1cnc2c(C)cccc2c1C.Cc1cnc2ccc(C)c(C)c2c1.Cc1cnc2cccc(C)c2c1C. The molecule has 8 nitrogen and oxygen atoms in total. The minimum atomic E-state index is 1.08. The summed E-state index contributed by atoms with van der Waals surface area (Å²) in [5.41, 5.74) is 40.0. The summed E-state index contributed by atoms with van der Waals surface area (Å²) in [4.78, 5) is 35.2. The van der Waals surface area contributed by atoms with Gasteiger partial charge in [0.15, 0.2) is 0 Å². The third-order valence-electron chi connectivity index (χ3n) is 20.7. The standard InChI is InChI=1S/8C12H13N/c1-8-4-7-12-11(10(8)3)6-5-9(2)13-12;1-8-6-11-10(3)9(2)4-5-12(11)13-7-8;1-8-4-5-12-11(6-8)10(3)9(2)7-13-12;1-8-4-5-11-10(3)9(2)7-13-12(11)6-8;1-8-4-5-11-12(10(8)3)9(2)6-7-13-11;1-8-7-9(2)12-11(10(8)3)5-4-6-13-12;1-8-5-4-6-11-12(8)10(3)9(2)7-13-11;1-8-5-4-6-11-10(3)9(2)7-13-12(8)11/h8*4-7H,1-3H3. The lowest BCUT2D eigenvalue weighted by Gasteiger charge is -2.07. The quantitative estimate of drug-likeness (QED) is 0.148. The van der Waals surface area contributed by atoms with Gasteiger partial charge in [-0.25, -0.2) is 0 Å². The largest absolute Gasteiger partial charge is 0.256 e. The first-order valence-electron chi connectivity index (χ1n) is 36.1. The van der Waals surface area contributed by atoms with Crippen LogP contribution in [-0.2, 0) is 0 Å². The van der Waals surface area contributed by atoms with Gasteiger partial charge in [-0.1, -0.05) is 90.5 Å². The van der Waals surface area contributed by atoms with Crippen LogP contribution in [0, 0.1) is 166 Å². The second-order valence-corrected chi connectivity index (χ2v) is 28.4. The summed E-state index contributed by atoms with van der Waals surface area (Å²) in [5.74, 6) is 0. The lowest BCUT2D eigenvalue weighted by molar-refractivity contribution is 1.24. The van der Waals surface area contributed by atoms with E-state index in [2.05, 4.69) is 345 Å². The van der Waals surface area contributed by atoms with Crippen LogP contribution in [-0.4, -0.2) is 39.9 Å². The molecule has 8 aromatic heterocycles. The van der Waals surface area contributed by atoms with Crippen molar-refractivity contribution in [1.82, 2.24) is 39.9 Å². The zero-order valence-corrected chi connectivity index (χ0v) is 66.1. The van der Waals surface area contributed by atoms with E-state index in [1.807, 2.05) is 56.4 Å². The van der Waals surface area contributed by atoms with E-state index in [0.717, 1.165) is 49.8 Å². The molecule has 0 radical (unpaired) electrons. The van der Waals surface area contributed by atoms with Crippen molar-refractivity contribution in [2.45, 2.75) is 166 Å². The number of fused-ring (bicyclic) bond motifs is 8. The Hall–Kier alpha value is -11.0. The van der Waals surface area contributed by atoms with Crippen LogP contribution >= 0.6 is 0 Å². The Morgan fingerprint density at radius 3 is 1.27 bits per heavy atom. The first-order valence-corrected chi connectivity index (χ1v) is 36.1. The molecule has 0 N–H and O–H groups in total. The van der Waals surface area contributed by atoms with Crippen molar-refractivity contribution in [3.8, 4) is 0 Å². The summed E-state index contributed by atoms with van der Waals surface area (Å²) < 4.78 is 0. The van der Waals surface area contributed by atoms with Gasteiger partial charge >= 0.3 is 0 Å². The molecular formula is C96H104N8. The van der Waals surface area contributed by atoms with Gasteiger partial charge in [0.25, 0.3) is 0 Å². The van der Waals surface area contributed by atoms with Gasteiger partial charge in [-0.3, -0.25) is 39.9 Å². The van der Waals surface area contributed by atoms with E-state index in [1.165, 1.54) is 171 Å². The van der Waals surface area contributed by atoms with E-state index < -0.39 is 0 Å². The van der Waals surface area contributed by atoms with Crippen molar-refractivity contribution < 1.29 is 0 Å². The van der Waals surface area contributed by atoms with Crippen LogP contribution < -0.4 is 0 Å². The molecule has 8 heteroatoms. The molecule has 0 aliphatic heterocycles. The number of rotatable bonds is 0. The van der Waals surface area contributed by atoms with Gasteiger partial charge in [-0.2, -0.15) is 0 Å². The lowest BCUT2D eigenvalue weighted by atomic mass is 10.0. The number of aryl methyl sites for hydroxylation is 24. The number of aromatic nitrogens is 8. The highest BCUT2D eigenvalue weighted by Crippen LogP contribution is 2.29. The third kappa shape index (κ3) is 18.3. The molecular weight excluding hydrogens is 1270 g/mol. The topological polar surface area (TPSA) is 103 Å². The molecule has 0 aliphatic rings. The molecule has 528 valence electrons. The molecule has 0 bridgehead atoms. The van der Waals surface area contributed by atoms with Crippen LogP contribution in [0.4, 0.5) is 0 Å². The summed E-state index contributed by atoms with van der Waals surface area (Å²) in [6, 6.07) is 52.8. The van der Waals surface area contributed by atoms with Gasteiger partial charge in [0.2, 0.25) is 0 Å². The van der Waals surface area contributed by atoms with Crippen molar-refractivity contribution in [3.63, 3.8) is 0 Å². The highest BCUT2D eigenvalue weighted by Gasteiger charge is 2.09. The van der Waals surface area contributed by atoms with Crippen molar-refractivity contribution in [2.75, 3.05) is 0 Å². The number of pyridine rings is 8. The van der Waals surface area contributed by atoms with Gasteiger partial charge < -0.3 is 0 Å². The van der Waals surface area contributed by atoms with Gasteiger partial charge in [-0.05, 0) is 355 Å². The molecule has 0 spiro atoms. The smallest absolute Gasteiger partial charge is 0.0733 e. The number of benzene rings is 8. The Morgan fingerprint density at radius 1 is 0.192 bits per heavy atom. The minimum absolute atomic E-state index is 1.08. The van der Waals surface area contributed by atoms with Crippen LogP contribution in [0.1, 0.15) is 134 Å². The van der Waals surface area contributed by atoms with Gasteiger partial charge in [0.1, 0.15) is 0 Å². The zero-order valence-electron chi connectivity index (χ0n) is 66.1. The minimum Gasteiger partial charge on any atom is -0.256 e. The van der Waals surface area contributed by atoms with E-state index in [1.54, 1.807) is 0 Å². The van der Waals surface area contributed by atoms with Crippen LogP contribution in [0.3, 0.4) is 0 Å². The van der Waals surface area contributed by atoms with Crippen LogP contribution in [0.25, 0.3) is 87.2 Å². The summed E-state index contributed by atoms with van der Waals surface area (Å²) in [6.07, 6.45) is 13.4. The maximum Gasteiger partial charge on any atom is 0.0733 e. The fraction of sp³-hybridized carbons (Fsp3) is 0.250. The zero-order chi connectivity index (χ0) is 75.4. The Balaban J connectivity index is 0.000000138. The first-order chi connectivity index (χ1) is 49.5. The van der Waals surface area contributed by atoms with Crippen molar-refractivity contribution in [3.05, 3.63) is 329 Å². The molecule has 16 aromatic rings. The normalized spacial score (nSPS) is 10.7. The second-order valence-electron chi connectivity index (χ2n) is 28.4. The van der Waals surface area contributed by atoms with Gasteiger partial charge in [-0.15, -0.1) is 0 Å². The lowest BCUT2D eigenvalue weighted by Crippen LogP contribution is -1.89. The number of hydrogen-bond donors (Lipinski definition) is 0. The predicted octanol–water partition coefficient (Wildman–Crippen LogP) is 25.3. The molecule has 0 unspecified atom stereocenters. The van der Waals surface area contributed by atoms with Gasteiger partial charge in [0, 0.05) is 92.2 Å². The number of para-hydroxylation sites is 1. The fourth-order valence-electron chi connectivity index (χ4n) is 13.0. The Morgan fingerprint density at radius 2 is 0.606 bits per heavy atom. The van der Waals surface area contributed by atoms with E-state index in [4.69, 9.17) is 0 Å². The van der Waals surface area contributed by atoms with Crippen LogP contribution in [0.15, 0.2) is 195 Å². The molecule has 0 saturated carbocycles. The molecule has 0 fully saturated rings. The van der Waals surface area contributed by atoms with Crippen molar-refractivity contribution in [2.24, 2.45) is 0 Å². The predicted molar refractivity (Wildman–Crippen MR) is 448 cm³/mol. The molecule has 0 atom stereocenters. The van der Waals surface area contributed by atoms with Crippen LogP contribution in [0.5, 0.6) is 0 Å². The molecule has 0 amide bonds. The maximum atomic E-state index is 4.48. The highest BCUT2D eigenvalue weighted by atomic mass is 14.7. The first kappa shape index (κ1) is 77.2. The highest BCUT2D eigenvalue weighted by molar-refractivity contribution is 5.90. The summed E-state index contributed by atoms with van der Waals surface area (Å²) in [6.45, 7) is 51.0. The van der Waals surface area contributed by atoms with Crippen molar-refractivity contribution >= 4 is 87.2 Å². The fourth-order valence-corrected chi connectivity index (χ4v) is 13.0. The molecule has 8 aromatic carbocycles. The molecule has 16 rings (SSSR count). The van der Waals surface area contributed by atoms with E-state index >= 15 is 0 Å². The Kier molecular flexibility index (Phi) is 25.5. The van der Waals surface area contributed by atoms with E-state index in [9.17, 15) is 0 Å². The van der Waals surface area contributed by atoms with Crippen molar-refractivity contribution in [1.29, 1.82) is 0 Å². The Labute approximate surface area is 618 Å². The summed E-state index contributed by atoms with van der Waals surface area (Å²) >= 11 is 0. The maximum absolute atomic E-state index is 4.48. The molecule has 8 heterocycles. The number of nitrogens with zero attached hydrogens (tertiary/aromatic N) is 8. The van der Waals surface area contributed by atoms with E-state index in [0.29, 0.717) is 0 Å². The number of hydrogen-bond acceptors (Lipinski definition) is 8. The van der Waals surface area contributed by atoms with Crippen LogP contribution in [0.2, 0.25) is 0 Å². The summed E-state index contributed by atoms with van der Waals surface area (Å²) in [7, 11) is 0. The average molecular weight is 1370 g/mol. The monoisotopic (exact) mass is 1370 g/mol. The second kappa shape index (κ2) is 34.3. The Bertz CT molecular complexity index is 5470.